The van der Waals surface area contributed by atoms with E-state index >= 15 is 0 Å². The van der Waals surface area contributed by atoms with Crippen LogP contribution >= 0.6 is 0 Å². The molecule has 0 saturated carbocycles. The molecule has 212 valence electrons. The first kappa shape index (κ1) is 29.6. The topological polar surface area (TPSA) is 90.0 Å². The molecule has 0 saturated heterocycles. The molecule has 0 radical (unpaired) electrons. The molecule has 0 aliphatic rings. The smallest absolute Gasteiger partial charge is 0.410 e. The predicted octanol–water partition coefficient (Wildman–Crippen LogP) is 7.10. The molecule has 0 aliphatic heterocycles. The second kappa shape index (κ2) is 12.8. The van der Waals surface area contributed by atoms with Gasteiger partial charge >= 0.3 is 6.09 Å². The minimum absolute atomic E-state index is 0.121. The van der Waals surface area contributed by atoms with E-state index in [1.807, 2.05) is 51.1 Å². The van der Waals surface area contributed by atoms with E-state index < -0.39 is 21.5 Å². The molecule has 4 aromatic carbocycles. The number of benzene rings is 4. The van der Waals surface area contributed by atoms with Crippen molar-refractivity contribution in [2.75, 3.05) is 6.61 Å². The van der Waals surface area contributed by atoms with Gasteiger partial charge < -0.3 is 9.47 Å². The van der Waals surface area contributed by atoms with Crippen LogP contribution in [0.1, 0.15) is 42.3 Å². The summed E-state index contributed by atoms with van der Waals surface area (Å²) >= 11 is 0. The number of sulfone groups is 1. The first-order chi connectivity index (χ1) is 19.6. The molecule has 1 amide bonds. The fourth-order valence-corrected chi connectivity index (χ4v) is 5.39. The molecule has 4 rings (SSSR count). The van der Waals surface area contributed by atoms with Gasteiger partial charge in [0.1, 0.15) is 11.5 Å². The summed E-state index contributed by atoms with van der Waals surface area (Å²) in [5, 5.41) is 0. The molecule has 0 N–H and O–H groups in total. The summed E-state index contributed by atoms with van der Waals surface area (Å²) in [6.45, 7) is 6.49. The number of para-hydroxylation sites is 1. The Labute approximate surface area is 241 Å². The van der Waals surface area contributed by atoms with Crippen molar-refractivity contribution in [2.45, 2.75) is 49.1 Å². The third-order valence-electron chi connectivity index (χ3n) is 6.47. The lowest BCUT2D eigenvalue weighted by atomic mass is 10.1. The summed E-state index contributed by atoms with van der Waals surface area (Å²) in [5.41, 5.74) is 1.84. The maximum absolute atomic E-state index is 13.2. The highest BCUT2D eigenvalue weighted by molar-refractivity contribution is 7.91. The van der Waals surface area contributed by atoms with Crippen molar-refractivity contribution in [3.8, 4) is 11.5 Å². The first-order valence-corrected chi connectivity index (χ1v) is 14.7. The van der Waals surface area contributed by atoms with E-state index in [0.29, 0.717) is 36.3 Å². The summed E-state index contributed by atoms with van der Waals surface area (Å²) < 4.78 is 37.7. The Bertz CT molecular complexity index is 1580. The normalized spacial score (nSPS) is 11.5. The zero-order chi connectivity index (χ0) is 29.5. The molecule has 0 spiro atoms. The fourth-order valence-electron chi connectivity index (χ4n) is 4.13. The van der Waals surface area contributed by atoms with Crippen molar-refractivity contribution in [3.63, 3.8) is 0 Å². The van der Waals surface area contributed by atoms with Gasteiger partial charge in [-0.05, 0) is 80.4 Å². The van der Waals surface area contributed by atoms with E-state index in [9.17, 15) is 18.0 Å². The van der Waals surface area contributed by atoms with Crippen LogP contribution in [0.25, 0.3) is 0 Å². The fraction of sp³-hybridized carbons (Fsp3) is 0.212. The highest BCUT2D eigenvalue weighted by Crippen LogP contribution is 2.28. The summed E-state index contributed by atoms with van der Waals surface area (Å²) in [4.78, 5) is 26.1. The number of rotatable bonds is 10. The minimum atomic E-state index is -3.75. The van der Waals surface area contributed by atoms with Gasteiger partial charge in [-0.2, -0.15) is 0 Å². The molecule has 0 fully saturated rings. The number of hydrogen-bond donors (Lipinski definition) is 0. The SMILES string of the molecule is CC(C)(C)N(Cc1ccccc1)C(=O)OCCc1ccc(S(=O)(=O)c2ccc(Oc3ccccc3C=O)cc2)cc1. The second-order valence-corrected chi connectivity index (χ2v) is 12.4. The zero-order valence-electron chi connectivity index (χ0n) is 23.3. The van der Waals surface area contributed by atoms with Crippen LogP contribution in [0.4, 0.5) is 4.79 Å². The number of hydrogen-bond acceptors (Lipinski definition) is 6. The Morgan fingerprint density at radius 3 is 1.98 bits per heavy atom. The van der Waals surface area contributed by atoms with Crippen molar-refractivity contribution < 1.29 is 27.5 Å². The van der Waals surface area contributed by atoms with E-state index in [1.54, 1.807) is 65.6 Å². The van der Waals surface area contributed by atoms with Crippen LogP contribution in [-0.2, 0) is 27.5 Å². The molecular weight excluding hydrogens is 538 g/mol. The summed E-state index contributed by atoms with van der Waals surface area (Å²) in [5.74, 6) is 0.804. The molecule has 7 nitrogen and oxygen atoms in total. The van der Waals surface area contributed by atoms with Crippen molar-refractivity contribution in [1.29, 1.82) is 0 Å². The minimum Gasteiger partial charge on any atom is -0.457 e. The number of ether oxygens (including phenoxy) is 2. The highest BCUT2D eigenvalue weighted by Gasteiger charge is 2.28. The van der Waals surface area contributed by atoms with Gasteiger partial charge in [0.25, 0.3) is 0 Å². The Morgan fingerprint density at radius 2 is 1.37 bits per heavy atom. The van der Waals surface area contributed by atoms with E-state index in [1.165, 1.54) is 12.1 Å². The lowest BCUT2D eigenvalue weighted by Crippen LogP contribution is -2.45. The monoisotopic (exact) mass is 571 g/mol. The molecular formula is C33H33NO6S. The molecule has 0 heterocycles. The number of nitrogens with zero attached hydrogens (tertiary/aromatic N) is 1. The molecule has 0 unspecified atom stereocenters. The Kier molecular flexibility index (Phi) is 9.24. The number of aldehydes is 1. The highest BCUT2D eigenvalue weighted by atomic mass is 32.2. The largest absolute Gasteiger partial charge is 0.457 e. The maximum atomic E-state index is 13.2. The summed E-state index contributed by atoms with van der Waals surface area (Å²) in [6.07, 6.45) is 0.751. The average Bonchev–Trinajstić information content (AvgIpc) is 2.96. The van der Waals surface area contributed by atoms with Crippen LogP contribution in [-0.4, -0.2) is 37.8 Å². The van der Waals surface area contributed by atoms with E-state index in [2.05, 4.69) is 0 Å². The van der Waals surface area contributed by atoms with Crippen LogP contribution in [0.2, 0.25) is 0 Å². The number of carbonyl (C=O) groups is 2. The molecule has 0 atom stereocenters. The van der Waals surface area contributed by atoms with Gasteiger partial charge in [0.2, 0.25) is 9.84 Å². The lowest BCUT2D eigenvalue weighted by Gasteiger charge is -2.34. The second-order valence-electron chi connectivity index (χ2n) is 10.5. The van der Waals surface area contributed by atoms with Crippen LogP contribution in [0.15, 0.2) is 113 Å². The Hall–Kier alpha value is -4.43. The molecule has 4 aromatic rings. The quantitative estimate of drug-likeness (QED) is 0.189. The number of amides is 1. The molecule has 0 aromatic heterocycles. The van der Waals surface area contributed by atoms with Gasteiger partial charge in [-0.25, -0.2) is 13.2 Å². The average molecular weight is 572 g/mol. The third kappa shape index (κ3) is 7.61. The van der Waals surface area contributed by atoms with Gasteiger partial charge in [-0.3, -0.25) is 9.69 Å². The van der Waals surface area contributed by atoms with Crippen molar-refractivity contribution in [2.24, 2.45) is 0 Å². The van der Waals surface area contributed by atoms with Gasteiger partial charge in [-0.1, -0.05) is 54.6 Å². The van der Waals surface area contributed by atoms with Gasteiger partial charge in [0, 0.05) is 18.5 Å². The molecule has 0 aliphatic carbocycles. The van der Waals surface area contributed by atoms with Crippen molar-refractivity contribution in [1.82, 2.24) is 4.90 Å². The maximum Gasteiger partial charge on any atom is 0.410 e. The number of carbonyl (C=O) groups excluding carboxylic acids is 2. The van der Waals surface area contributed by atoms with Gasteiger partial charge in [0.15, 0.2) is 6.29 Å². The van der Waals surface area contributed by atoms with Crippen LogP contribution in [0.5, 0.6) is 11.5 Å². The van der Waals surface area contributed by atoms with Crippen molar-refractivity contribution in [3.05, 3.63) is 120 Å². The summed E-state index contributed by atoms with van der Waals surface area (Å²) in [7, 11) is -3.75. The van der Waals surface area contributed by atoms with Crippen LogP contribution in [0.3, 0.4) is 0 Å². The summed E-state index contributed by atoms with van der Waals surface area (Å²) in [6, 6.07) is 29.1. The predicted molar refractivity (Wildman–Crippen MR) is 157 cm³/mol. The molecule has 0 bridgehead atoms. The molecule has 41 heavy (non-hydrogen) atoms. The van der Waals surface area contributed by atoms with Crippen LogP contribution < -0.4 is 4.74 Å². The lowest BCUT2D eigenvalue weighted by molar-refractivity contribution is 0.0644. The van der Waals surface area contributed by atoms with E-state index in [-0.39, 0.29) is 16.4 Å². The zero-order valence-corrected chi connectivity index (χ0v) is 24.1. The van der Waals surface area contributed by atoms with Crippen molar-refractivity contribution >= 4 is 22.2 Å². The van der Waals surface area contributed by atoms with E-state index in [0.717, 1.165) is 11.1 Å². The van der Waals surface area contributed by atoms with Gasteiger partial charge in [0.05, 0.1) is 22.0 Å². The Balaban J connectivity index is 1.35. The third-order valence-corrected chi connectivity index (χ3v) is 8.26. The standard InChI is InChI=1S/C33H33NO6S/c1-33(2,3)34(23-26-9-5-4-6-10-26)32(36)39-22-21-25-13-17-29(18-14-25)41(37,38)30-19-15-28(16-20-30)40-31-12-8-7-11-27(31)24-35/h4-20,24H,21-23H2,1-3H3. The molecule has 8 heteroatoms. The van der Waals surface area contributed by atoms with Crippen LogP contribution in [0, 0.1) is 0 Å². The van der Waals surface area contributed by atoms with E-state index in [4.69, 9.17) is 9.47 Å². The first-order valence-electron chi connectivity index (χ1n) is 13.2. The Morgan fingerprint density at radius 1 is 0.780 bits per heavy atom. The van der Waals surface area contributed by atoms with Gasteiger partial charge in [-0.15, -0.1) is 0 Å².